The van der Waals surface area contributed by atoms with Crippen LogP contribution in [0.1, 0.15) is 85.0 Å². The van der Waals surface area contributed by atoms with Crippen molar-refractivity contribution >= 4 is 29.4 Å². The molecule has 1 saturated heterocycles. The minimum Gasteiger partial charge on any atom is -0.380 e. The van der Waals surface area contributed by atoms with Crippen molar-refractivity contribution in [1.82, 2.24) is 25.8 Å². The molecule has 1 fully saturated rings. The Morgan fingerprint density at radius 1 is 0.925 bits per heavy atom. The Morgan fingerprint density at radius 2 is 1.53 bits per heavy atom. The summed E-state index contributed by atoms with van der Waals surface area (Å²) in [5.74, 6) is -2.29. The van der Waals surface area contributed by atoms with Gasteiger partial charge in [0.25, 0.3) is 0 Å². The molecular weight excluding hydrogens is 678 g/mol. The van der Waals surface area contributed by atoms with Crippen molar-refractivity contribution in [2.24, 2.45) is 23.7 Å². The highest BCUT2D eigenvalue weighted by molar-refractivity contribution is 5.99. The third-order valence-corrected chi connectivity index (χ3v) is 11.1. The number of hydrogen-bond donors (Lipinski definition) is 3. The molecule has 0 aromatic heterocycles. The van der Waals surface area contributed by atoms with E-state index >= 15 is 0 Å². The van der Waals surface area contributed by atoms with E-state index in [1.807, 2.05) is 54.5 Å². The minimum absolute atomic E-state index is 0.0188. The van der Waals surface area contributed by atoms with Gasteiger partial charge in [0.1, 0.15) is 6.04 Å². The summed E-state index contributed by atoms with van der Waals surface area (Å²) in [5.41, 5.74) is -0.453. The van der Waals surface area contributed by atoms with E-state index in [0.717, 1.165) is 0 Å². The molecule has 53 heavy (non-hydrogen) atoms. The number of Topliss-reactive ketones (excluding diaryl/α,β-unsaturated/α-hetero) is 1. The predicted octanol–water partition coefficient (Wildman–Crippen LogP) is 3.31. The number of carbonyl (C=O) groups excluding carboxylic acids is 5. The fraction of sp³-hybridized carbons (Fsp3) is 0.725. The number of likely N-dealkylation sites (tertiary alicyclic amines) is 1. The molecule has 13 heteroatoms. The van der Waals surface area contributed by atoms with Crippen LogP contribution in [0.5, 0.6) is 0 Å². The van der Waals surface area contributed by atoms with Gasteiger partial charge in [-0.1, -0.05) is 85.2 Å². The smallest absolute Gasteiger partial charge is 0.245 e. The molecule has 13 nitrogen and oxygen atoms in total. The third kappa shape index (κ3) is 11.3. The maximum Gasteiger partial charge on any atom is 0.245 e. The van der Waals surface area contributed by atoms with Gasteiger partial charge in [-0.3, -0.25) is 24.0 Å². The van der Waals surface area contributed by atoms with Gasteiger partial charge in [0.15, 0.2) is 5.78 Å². The lowest BCUT2D eigenvalue weighted by Gasteiger charge is -2.44. The lowest BCUT2D eigenvalue weighted by atomic mass is 9.82. The van der Waals surface area contributed by atoms with E-state index in [0.29, 0.717) is 18.4 Å². The van der Waals surface area contributed by atoms with Crippen LogP contribution >= 0.6 is 0 Å². The number of carbonyl (C=O) groups is 5. The molecule has 1 aromatic carbocycles. The van der Waals surface area contributed by atoms with Crippen LogP contribution in [-0.4, -0.2) is 130 Å². The van der Waals surface area contributed by atoms with Crippen molar-refractivity contribution in [3.05, 3.63) is 35.9 Å². The Morgan fingerprint density at radius 3 is 2.02 bits per heavy atom. The van der Waals surface area contributed by atoms with Crippen LogP contribution in [0.15, 0.2) is 30.3 Å². The zero-order valence-corrected chi connectivity index (χ0v) is 34.4. The van der Waals surface area contributed by atoms with Crippen LogP contribution in [0.3, 0.4) is 0 Å². The highest BCUT2D eigenvalue weighted by Gasteiger charge is 2.53. The number of rotatable bonds is 21. The van der Waals surface area contributed by atoms with Crippen molar-refractivity contribution in [2.75, 3.05) is 48.5 Å². The highest BCUT2D eigenvalue weighted by atomic mass is 16.5. The second-order valence-electron chi connectivity index (χ2n) is 15.4. The summed E-state index contributed by atoms with van der Waals surface area (Å²) >= 11 is 0. The molecule has 0 aliphatic carbocycles. The Labute approximate surface area is 317 Å². The second kappa shape index (κ2) is 20.9. The predicted molar refractivity (Wildman–Crippen MR) is 205 cm³/mol. The number of benzene rings is 1. The number of hydrogen-bond acceptors (Lipinski definition) is 9. The Kier molecular flexibility index (Phi) is 18.0. The molecule has 1 heterocycles. The van der Waals surface area contributed by atoms with Crippen LogP contribution in [0.25, 0.3) is 0 Å². The summed E-state index contributed by atoms with van der Waals surface area (Å²) in [4.78, 5) is 71.4. The molecule has 1 unspecified atom stereocenters. The van der Waals surface area contributed by atoms with Crippen LogP contribution in [-0.2, 0) is 33.4 Å². The molecule has 2 rings (SSSR count). The quantitative estimate of drug-likeness (QED) is 0.161. The largest absolute Gasteiger partial charge is 0.380 e. The molecule has 9 atom stereocenters. The minimum atomic E-state index is -0.953. The van der Waals surface area contributed by atoms with Crippen LogP contribution < -0.4 is 16.0 Å². The average Bonchev–Trinajstić information content (AvgIpc) is 3.49. The molecule has 0 saturated carbocycles. The van der Waals surface area contributed by atoms with Gasteiger partial charge in [0, 0.05) is 46.9 Å². The fourth-order valence-electron chi connectivity index (χ4n) is 7.81. The lowest BCUT2D eigenvalue weighted by Crippen LogP contribution is -2.60. The van der Waals surface area contributed by atoms with Crippen molar-refractivity contribution in [3.63, 3.8) is 0 Å². The van der Waals surface area contributed by atoms with E-state index < -0.39 is 41.8 Å². The highest BCUT2D eigenvalue weighted by Crippen LogP contribution is 2.39. The van der Waals surface area contributed by atoms with E-state index in [-0.39, 0.29) is 72.8 Å². The van der Waals surface area contributed by atoms with Gasteiger partial charge in [-0.05, 0) is 31.7 Å². The van der Waals surface area contributed by atoms with E-state index in [4.69, 9.17) is 14.2 Å². The van der Waals surface area contributed by atoms with Gasteiger partial charge in [0.05, 0.1) is 54.8 Å². The van der Waals surface area contributed by atoms with Gasteiger partial charge in [-0.15, -0.1) is 0 Å². The molecule has 0 radical (unpaired) electrons. The number of methoxy groups -OCH3 is 3. The molecule has 1 aromatic rings. The monoisotopic (exact) mass is 745 g/mol. The molecule has 0 spiro atoms. The molecule has 0 bridgehead atoms. The fourth-order valence-corrected chi connectivity index (χ4v) is 7.81. The molecule has 300 valence electrons. The Bertz CT molecular complexity index is 1360. The van der Waals surface area contributed by atoms with E-state index in [2.05, 4.69) is 16.0 Å². The first kappa shape index (κ1) is 45.8. The first-order valence-corrected chi connectivity index (χ1v) is 18.9. The van der Waals surface area contributed by atoms with Gasteiger partial charge < -0.3 is 40.0 Å². The number of likely N-dealkylation sites (N-methyl/N-ethyl adjacent to an activating group) is 2. The molecule has 1 aliphatic heterocycles. The third-order valence-electron chi connectivity index (χ3n) is 11.1. The summed E-state index contributed by atoms with van der Waals surface area (Å²) in [6, 6.07) is 7.00. The van der Waals surface area contributed by atoms with Crippen LogP contribution in [0, 0.1) is 23.7 Å². The maximum absolute atomic E-state index is 14.5. The summed E-state index contributed by atoms with van der Waals surface area (Å²) in [5, 5.41) is 8.78. The SMILES string of the molecule is CCC(C)[C@@H]([C@@H](CC(=O)N1C[C@@H](OC)C[C@@]1(C)[C@H](OC)[C@@H](C)C(=O)NCC(=O)c1ccccc1)OC)N(C)C(=O)[C@@H](NC(=O)[C@@H](NC)C(C)C)C(C)C. The van der Waals surface area contributed by atoms with Crippen molar-refractivity contribution < 1.29 is 38.2 Å². The number of ether oxygens (including phenoxy) is 3. The average molecular weight is 746 g/mol. The Balaban J connectivity index is 2.36. The van der Waals surface area contributed by atoms with E-state index in [9.17, 15) is 24.0 Å². The van der Waals surface area contributed by atoms with Gasteiger partial charge in [-0.2, -0.15) is 0 Å². The van der Waals surface area contributed by atoms with Crippen molar-refractivity contribution in [1.29, 1.82) is 0 Å². The molecule has 4 amide bonds. The number of ketones is 1. The van der Waals surface area contributed by atoms with Gasteiger partial charge in [-0.25, -0.2) is 0 Å². The summed E-state index contributed by atoms with van der Waals surface area (Å²) < 4.78 is 17.8. The first-order valence-electron chi connectivity index (χ1n) is 18.9. The molecular formula is C40H67N5O8. The van der Waals surface area contributed by atoms with E-state index in [1.165, 1.54) is 14.2 Å². The summed E-state index contributed by atoms with van der Waals surface area (Å²) in [7, 11) is 8.07. The van der Waals surface area contributed by atoms with Crippen LogP contribution in [0.4, 0.5) is 0 Å². The van der Waals surface area contributed by atoms with Crippen molar-refractivity contribution in [3.8, 4) is 0 Å². The molecule has 3 N–H and O–H groups in total. The van der Waals surface area contributed by atoms with Crippen molar-refractivity contribution in [2.45, 2.75) is 117 Å². The normalized spacial score (nSPS) is 21.3. The zero-order chi connectivity index (χ0) is 40.2. The molecule has 1 aliphatic rings. The number of amides is 4. The lowest BCUT2D eigenvalue weighted by molar-refractivity contribution is -0.152. The summed E-state index contributed by atoms with van der Waals surface area (Å²) in [6.07, 6.45) is -0.661. The first-order chi connectivity index (χ1) is 24.9. The second-order valence-corrected chi connectivity index (χ2v) is 15.4. The van der Waals surface area contributed by atoms with E-state index in [1.54, 1.807) is 62.2 Å². The standard InChI is InChI=1S/C40H67N5O8/c1-14-26(6)35(44(10)39(50)34(25(4)5)43-38(49)33(41-9)24(2)3)31(52-12)20-32(47)45-23-29(51-11)21-40(45,8)36(53-13)27(7)37(48)42-22-30(46)28-18-16-15-17-19-28/h15-19,24-27,29,31,33-36,41H,14,20-23H2,1-13H3,(H,42,48)(H,43,49)/t26?,27-,29+,31-,33+,34+,35+,36-,40+/m1/s1. The van der Waals surface area contributed by atoms with Crippen LogP contribution in [0.2, 0.25) is 0 Å². The topological polar surface area (TPSA) is 156 Å². The van der Waals surface area contributed by atoms with Gasteiger partial charge in [0.2, 0.25) is 23.6 Å². The van der Waals surface area contributed by atoms with Gasteiger partial charge >= 0.3 is 0 Å². The Hall–Kier alpha value is -3.39. The maximum atomic E-state index is 14.5. The summed E-state index contributed by atoms with van der Waals surface area (Å²) in [6.45, 7) is 15.4. The number of nitrogens with one attached hydrogen (secondary N) is 3. The number of nitrogens with zero attached hydrogens (tertiary/aromatic N) is 2. The zero-order valence-electron chi connectivity index (χ0n) is 34.4.